The summed E-state index contributed by atoms with van der Waals surface area (Å²) >= 11 is 0. The molecule has 4 rings (SSSR count). The van der Waals surface area contributed by atoms with Crippen LogP contribution in [-0.2, 0) is 11.2 Å². The van der Waals surface area contributed by atoms with E-state index in [-0.39, 0.29) is 11.7 Å². The Hall–Kier alpha value is -2.56. The molecule has 1 atom stereocenters. The minimum absolute atomic E-state index is 0.0808. The third kappa shape index (κ3) is 9.29. The van der Waals surface area contributed by atoms with E-state index in [1.165, 1.54) is 44.6 Å². The fourth-order valence-electron chi connectivity index (χ4n) is 3.62. The molecule has 0 aromatic heterocycles. The topological polar surface area (TPSA) is 55.8 Å². The molecule has 2 aliphatic carbocycles. The maximum Gasteiger partial charge on any atom is 0.306 e. The Kier molecular flexibility index (Phi) is 11.1. The second-order valence-electron chi connectivity index (χ2n) is 8.58. The third-order valence-electron chi connectivity index (χ3n) is 5.70. The molecule has 176 valence electrons. The largest absolute Gasteiger partial charge is 0.497 e. The van der Waals surface area contributed by atoms with Crippen molar-refractivity contribution in [1.29, 1.82) is 0 Å². The SMILES string of the molecule is C1CC1.COc1ccc(F)c(C2CCCCC2)c1.COc1cccc(CC(C)C(=O)O)c1. The molecule has 1 N–H and O–H groups in total. The van der Waals surface area contributed by atoms with Crippen LogP contribution in [0.15, 0.2) is 42.5 Å². The summed E-state index contributed by atoms with van der Waals surface area (Å²) in [7, 11) is 3.22. The standard InChI is InChI=1S/C13H17FO.C11H14O3.C3H6/c1-15-11-7-8-13(14)12(9-11)10-5-3-2-4-6-10;1-8(11(12)13)6-9-4-3-5-10(7-9)14-2;1-2-3-1/h7-10H,2-6H2,1H3;3-5,7-8H,6H2,1-2H3,(H,12,13);1-3H2. The number of ether oxygens (including phenoxy) is 2. The number of carbonyl (C=O) groups is 1. The monoisotopic (exact) mass is 444 g/mol. The quantitative estimate of drug-likeness (QED) is 0.521. The van der Waals surface area contributed by atoms with E-state index >= 15 is 0 Å². The van der Waals surface area contributed by atoms with E-state index in [0.717, 1.165) is 35.5 Å². The van der Waals surface area contributed by atoms with Gasteiger partial charge in [-0.15, -0.1) is 0 Å². The van der Waals surface area contributed by atoms with Crippen molar-refractivity contribution in [3.05, 3.63) is 59.4 Å². The number of rotatable bonds is 6. The van der Waals surface area contributed by atoms with Gasteiger partial charge < -0.3 is 14.6 Å². The van der Waals surface area contributed by atoms with Crippen molar-refractivity contribution in [2.45, 2.75) is 70.6 Å². The van der Waals surface area contributed by atoms with Crippen LogP contribution < -0.4 is 9.47 Å². The molecule has 2 saturated carbocycles. The second-order valence-corrected chi connectivity index (χ2v) is 8.58. The zero-order chi connectivity index (χ0) is 23.3. The second kappa shape index (κ2) is 13.8. The van der Waals surface area contributed by atoms with Gasteiger partial charge in [-0.25, -0.2) is 4.39 Å². The summed E-state index contributed by atoms with van der Waals surface area (Å²) in [6, 6.07) is 12.5. The molecule has 32 heavy (non-hydrogen) atoms. The molecule has 0 heterocycles. The molecule has 4 nitrogen and oxygen atoms in total. The molecular formula is C27H37FO4. The van der Waals surface area contributed by atoms with Gasteiger partial charge in [-0.2, -0.15) is 0 Å². The van der Waals surface area contributed by atoms with Gasteiger partial charge in [0, 0.05) is 0 Å². The first-order valence-corrected chi connectivity index (χ1v) is 11.6. The molecular weight excluding hydrogens is 407 g/mol. The molecule has 0 radical (unpaired) electrons. The molecule has 0 saturated heterocycles. The zero-order valence-corrected chi connectivity index (χ0v) is 19.6. The van der Waals surface area contributed by atoms with Crippen LogP contribution >= 0.6 is 0 Å². The van der Waals surface area contributed by atoms with Gasteiger partial charge in [0.1, 0.15) is 17.3 Å². The molecule has 5 heteroatoms. The summed E-state index contributed by atoms with van der Waals surface area (Å²) < 4.78 is 23.8. The lowest BCUT2D eigenvalue weighted by molar-refractivity contribution is -0.141. The predicted octanol–water partition coefficient (Wildman–Crippen LogP) is 7.01. The summed E-state index contributed by atoms with van der Waals surface area (Å²) in [5.41, 5.74) is 1.83. The number of benzene rings is 2. The van der Waals surface area contributed by atoms with Crippen molar-refractivity contribution in [1.82, 2.24) is 0 Å². The highest BCUT2D eigenvalue weighted by molar-refractivity contribution is 5.69. The van der Waals surface area contributed by atoms with Crippen molar-refractivity contribution in [3.63, 3.8) is 0 Å². The number of hydrogen-bond acceptors (Lipinski definition) is 3. The van der Waals surface area contributed by atoms with Crippen molar-refractivity contribution >= 4 is 5.97 Å². The molecule has 0 amide bonds. The zero-order valence-electron chi connectivity index (χ0n) is 19.6. The van der Waals surface area contributed by atoms with Gasteiger partial charge in [0.25, 0.3) is 0 Å². The lowest BCUT2D eigenvalue weighted by Crippen LogP contribution is -2.12. The molecule has 1 unspecified atom stereocenters. The fraction of sp³-hybridized carbons (Fsp3) is 0.519. The summed E-state index contributed by atoms with van der Waals surface area (Å²) in [4.78, 5) is 10.6. The average Bonchev–Trinajstić information content (AvgIpc) is 3.70. The van der Waals surface area contributed by atoms with E-state index in [1.54, 1.807) is 27.2 Å². The molecule has 2 aromatic rings. The number of aliphatic carboxylic acids is 1. The maximum atomic E-state index is 13.6. The van der Waals surface area contributed by atoms with E-state index in [0.29, 0.717) is 12.3 Å². The van der Waals surface area contributed by atoms with Crippen LogP contribution in [0.5, 0.6) is 11.5 Å². The summed E-state index contributed by atoms with van der Waals surface area (Å²) in [6.45, 7) is 1.70. The molecule has 0 spiro atoms. The van der Waals surface area contributed by atoms with Crippen LogP contribution in [0.3, 0.4) is 0 Å². The van der Waals surface area contributed by atoms with Crippen LogP contribution in [0.25, 0.3) is 0 Å². The lowest BCUT2D eigenvalue weighted by Gasteiger charge is -2.22. The molecule has 2 aliphatic rings. The predicted molar refractivity (Wildman–Crippen MR) is 126 cm³/mol. The van der Waals surface area contributed by atoms with Crippen molar-refractivity contribution in [2.75, 3.05) is 14.2 Å². The Morgan fingerprint density at radius 3 is 2.12 bits per heavy atom. The molecule has 0 bridgehead atoms. The minimum Gasteiger partial charge on any atom is -0.497 e. The van der Waals surface area contributed by atoms with Gasteiger partial charge >= 0.3 is 5.97 Å². The Bertz CT molecular complexity index is 825. The van der Waals surface area contributed by atoms with Gasteiger partial charge in [-0.1, -0.05) is 57.6 Å². The smallest absolute Gasteiger partial charge is 0.306 e. The molecule has 2 aromatic carbocycles. The minimum atomic E-state index is -0.771. The first-order valence-electron chi connectivity index (χ1n) is 11.6. The Labute approximate surface area is 191 Å². The van der Waals surface area contributed by atoms with Crippen molar-refractivity contribution in [2.24, 2.45) is 5.92 Å². The van der Waals surface area contributed by atoms with Crippen LogP contribution in [0.2, 0.25) is 0 Å². The fourth-order valence-corrected chi connectivity index (χ4v) is 3.62. The van der Waals surface area contributed by atoms with Crippen molar-refractivity contribution in [3.8, 4) is 11.5 Å². The Balaban J connectivity index is 0.000000200. The first-order chi connectivity index (χ1) is 15.4. The van der Waals surface area contributed by atoms with Crippen molar-refractivity contribution < 1.29 is 23.8 Å². The summed E-state index contributed by atoms with van der Waals surface area (Å²) in [6.07, 6.45) is 11.0. The normalized spacial score (nSPS) is 15.9. The highest BCUT2D eigenvalue weighted by Crippen LogP contribution is 2.35. The van der Waals surface area contributed by atoms with Gasteiger partial charge in [0.2, 0.25) is 0 Å². The highest BCUT2D eigenvalue weighted by Gasteiger charge is 2.19. The highest BCUT2D eigenvalue weighted by atomic mass is 19.1. The Morgan fingerprint density at radius 2 is 1.56 bits per heavy atom. The molecule has 0 aliphatic heterocycles. The van der Waals surface area contributed by atoms with E-state index in [4.69, 9.17) is 14.6 Å². The van der Waals surface area contributed by atoms with E-state index in [2.05, 4.69) is 0 Å². The van der Waals surface area contributed by atoms with Gasteiger partial charge in [-0.3, -0.25) is 4.79 Å². The first kappa shape index (κ1) is 25.7. The van der Waals surface area contributed by atoms with E-state index < -0.39 is 5.97 Å². The van der Waals surface area contributed by atoms with Gasteiger partial charge in [0.05, 0.1) is 20.1 Å². The van der Waals surface area contributed by atoms with E-state index in [9.17, 15) is 9.18 Å². The maximum absolute atomic E-state index is 13.6. The number of carboxylic acid groups (broad SMARTS) is 1. The lowest BCUT2D eigenvalue weighted by atomic mass is 9.84. The molecule has 2 fully saturated rings. The van der Waals surface area contributed by atoms with Crippen LogP contribution in [0.4, 0.5) is 4.39 Å². The van der Waals surface area contributed by atoms with Gasteiger partial charge in [0.15, 0.2) is 0 Å². The number of hydrogen-bond donors (Lipinski definition) is 1. The number of carboxylic acids is 1. The number of halogens is 1. The third-order valence-corrected chi connectivity index (χ3v) is 5.70. The summed E-state index contributed by atoms with van der Waals surface area (Å²) in [5.74, 6) is 0.712. The van der Waals surface area contributed by atoms with Crippen LogP contribution in [0.1, 0.15) is 75.3 Å². The van der Waals surface area contributed by atoms with E-state index in [1.807, 2.05) is 30.3 Å². The van der Waals surface area contributed by atoms with Crippen LogP contribution in [-0.4, -0.2) is 25.3 Å². The number of methoxy groups -OCH3 is 2. The van der Waals surface area contributed by atoms with Gasteiger partial charge in [-0.05, 0) is 66.6 Å². The van der Waals surface area contributed by atoms with Crippen LogP contribution in [0, 0.1) is 11.7 Å². The summed E-state index contributed by atoms with van der Waals surface area (Å²) in [5, 5.41) is 8.74. The average molecular weight is 445 g/mol. The Morgan fingerprint density at radius 1 is 0.969 bits per heavy atom.